The lowest BCUT2D eigenvalue weighted by atomic mass is 10.1. The third-order valence-electron chi connectivity index (χ3n) is 3.13. The zero-order valence-corrected chi connectivity index (χ0v) is 12.0. The minimum absolute atomic E-state index is 0.0217. The standard InChI is InChI=1S/C16H15F4NO2/c17-12-4-5-14(18)11(6-12)8-21-9-15(22)10-2-1-3-13(7-10)23-16(19)20/h1-7,15-16,21-22H,8-9H2. The van der Waals surface area contributed by atoms with Gasteiger partial charge in [0.05, 0.1) is 6.10 Å². The van der Waals surface area contributed by atoms with Crippen LogP contribution in [0.1, 0.15) is 17.2 Å². The van der Waals surface area contributed by atoms with Crippen molar-refractivity contribution in [2.24, 2.45) is 0 Å². The third kappa shape index (κ3) is 5.22. The van der Waals surface area contributed by atoms with Gasteiger partial charge in [-0.05, 0) is 35.9 Å². The third-order valence-corrected chi connectivity index (χ3v) is 3.13. The molecule has 23 heavy (non-hydrogen) atoms. The van der Waals surface area contributed by atoms with Crippen molar-refractivity contribution in [3.8, 4) is 5.75 Å². The molecule has 0 heterocycles. The van der Waals surface area contributed by atoms with Gasteiger partial charge < -0.3 is 15.2 Å². The topological polar surface area (TPSA) is 41.5 Å². The molecule has 0 aliphatic rings. The Morgan fingerprint density at radius 1 is 1.09 bits per heavy atom. The number of hydrogen-bond acceptors (Lipinski definition) is 3. The second-order valence-electron chi connectivity index (χ2n) is 4.83. The Bertz CT molecular complexity index is 652. The first-order valence-electron chi connectivity index (χ1n) is 6.83. The molecule has 0 aliphatic carbocycles. The maximum absolute atomic E-state index is 13.4. The van der Waals surface area contributed by atoms with Gasteiger partial charge in [0.1, 0.15) is 17.4 Å². The van der Waals surface area contributed by atoms with Crippen molar-refractivity contribution in [3.63, 3.8) is 0 Å². The number of aliphatic hydroxyl groups is 1. The van der Waals surface area contributed by atoms with E-state index in [9.17, 15) is 22.7 Å². The minimum Gasteiger partial charge on any atom is -0.435 e. The van der Waals surface area contributed by atoms with E-state index in [1.807, 2.05) is 0 Å². The number of hydrogen-bond donors (Lipinski definition) is 2. The average molecular weight is 329 g/mol. The van der Waals surface area contributed by atoms with Gasteiger partial charge in [-0.3, -0.25) is 0 Å². The second-order valence-corrected chi connectivity index (χ2v) is 4.83. The second kappa shape index (κ2) is 7.94. The van der Waals surface area contributed by atoms with Crippen LogP contribution >= 0.6 is 0 Å². The maximum atomic E-state index is 13.4. The fraction of sp³-hybridized carbons (Fsp3) is 0.250. The molecule has 0 fully saturated rings. The van der Waals surface area contributed by atoms with E-state index >= 15 is 0 Å². The molecule has 1 unspecified atom stereocenters. The molecule has 0 saturated carbocycles. The van der Waals surface area contributed by atoms with Crippen molar-refractivity contribution in [1.29, 1.82) is 0 Å². The highest BCUT2D eigenvalue weighted by molar-refractivity contribution is 5.30. The van der Waals surface area contributed by atoms with Crippen molar-refractivity contribution in [1.82, 2.24) is 5.32 Å². The van der Waals surface area contributed by atoms with Gasteiger partial charge >= 0.3 is 6.61 Å². The van der Waals surface area contributed by atoms with Crippen LogP contribution in [0, 0.1) is 11.6 Å². The van der Waals surface area contributed by atoms with E-state index in [1.54, 1.807) is 6.07 Å². The van der Waals surface area contributed by atoms with Crippen LogP contribution in [-0.4, -0.2) is 18.3 Å². The summed E-state index contributed by atoms with van der Waals surface area (Å²) in [4.78, 5) is 0. The molecule has 3 nitrogen and oxygen atoms in total. The minimum atomic E-state index is -2.95. The zero-order valence-electron chi connectivity index (χ0n) is 12.0. The number of aliphatic hydroxyl groups excluding tert-OH is 1. The van der Waals surface area contributed by atoms with Gasteiger partial charge in [0, 0.05) is 18.7 Å². The quantitative estimate of drug-likeness (QED) is 0.765. The van der Waals surface area contributed by atoms with Crippen LogP contribution in [0.3, 0.4) is 0 Å². The van der Waals surface area contributed by atoms with E-state index in [1.165, 1.54) is 18.2 Å². The summed E-state index contributed by atoms with van der Waals surface area (Å²) in [7, 11) is 0. The van der Waals surface area contributed by atoms with Crippen LogP contribution in [0.5, 0.6) is 5.75 Å². The van der Waals surface area contributed by atoms with Crippen LogP contribution in [-0.2, 0) is 6.54 Å². The van der Waals surface area contributed by atoms with Gasteiger partial charge in [-0.25, -0.2) is 8.78 Å². The summed E-state index contributed by atoms with van der Waals surface area (Å²) in [5.41, 5.74) is 0.502. The lowest BCUT2D eigenvalue weighted by molar-refractivity contribution is -0.0499. The molecule has 0 bridgehead atoms. The fourth-order valence-corrected chi connectivity index (χ4v) is 2.04. The molecule has 7 heteroatoms. The molecule has 0 aromatic heterocycles. The molecular formula is C16H15F4NO2. The molecule has 0 spiro atoms. The van der Waals surface area contributed by atoms with E-state index in [0.29, 0.717) is 5.56 Å². The molecular weight excluding hydrogens is 314 g/mol. The zero-order chi connectivity index (χ0) is 16.8. The molecule has 0 radical (unpaired) electrons. The van der Waals surface area contributed by atoms with E-state index in [0.717, 1.165) is 18.2 Å². The van der Waals surface area contributed by atoms with Gasteiger partial charge in [-0.1, -0.05) is 12.1 Å². The first-order chi connectivity index (χ1) is 11.0. The van der Waals surface area contributed by atoms with Crippen molar-refractivity contribution >= 4 is 0 Å². The summed E-state index contributed by atoms with van der Waals surface area (Å²) in [5.74, 6) is -1.17. The highest BCUT2D eigenvalue weighted by Crippen LogP contribution is 2.20. The maximum Gasteiger partial charge on any atom is 0.387 e. The van der Waals surface area contributed by atoms with Gasteiger partial charge in [0.25, 0.3) is 0 Å². The van der Waals surface area contributed by atoms with Gasteiger partial charge in [-0.15, -0.1) is 0 Å². The molecule has 2 aromatic rings. The highest BCUT2D eigenvalue weighted by atomic mass is 19.3. The largest absolute Gasteiger partial charge is 0.435 e. The molecule has 2 aromatic carbocycles. The summed E-state index contributed by atoms with van der Waals surface area (Å²) >= 11 is 0. The van der Waals surface area contributed by atoms with E-state index < -0.39 is 24.3 Å². The van der Waals surface area contributed by atoms with Crippen molar-refractivity contribution in [2.75, 3.05) is 6.54 Å². The van der Waals surface area contributed by atoms with E-state index in [2.05, 4.69) is 10.1 Å². The summed E-state index contributed by atoms with van der Waals surface area (Å²) in [6.07, 6.45) is -1.01. The van der Waals surface area contributed by atoms with Crippen LogP contribution in [0.4, 0.5) is 17.6 Å². The Balaban J connectivity index is 1.92. The number of ether oxygens (including phenoxy) is 1. The highest BCUT2D eigenvalue weighted by Gasteiger charge is 2.11. The predicted octanol–water partition coefficient (Wildman–Crippen LogP) is 3.39. The summed E-state index contributed by atoms with van der Waals surface area (Å²) in [6.45, 7) is -2.89. The summed E-state index contributed by atoms with van der Waals surface area (Å²) < 4.78 is 55.0. The number of nitrogens with one attached hydrogen (secondary N) is 1. The Labute approximate surface area is 130 Å². The molecule has 0 amide bonds. The molecule has 1 atom stereocenters. The van der Waals surface area contributed by atoms with Crippen molar-refractivity contribution < 1.29 is 27.4 Å². The molecule has 2 N–H and O–H groups in total. The van der Waals surface area contributed by atoms with E-state index in [4.69, 9.17) is 0 Å². The summed E-state index contributed by atoms with van der Waals surface area (Å²) in [5, 5.41) is 12.8. The van der Waals surface area contributed by atoms with Gasteiger partial charge in [0.2, 0.25) is 0 Å². The average Bonchev–Trinajstić information content (AvgIpc) is 2.50. The monoisotopic (exact) mass is 329 g/mol. The molecule has 0 saturated heterocycles. The van der Waals surface area contributed by atoms with Crippen LogP contribution in [0.25, 0.3) is 0 Å². The number of benzene rings is 2. The lowest BCUT2D eigenvalue weighted by Gasteiger charge is -2.14. The first kappa shape index (κ1) is 17.2. The Morgan fingerprint density at radius 2 is 1.87 bits per heavy atom. The van der Waals surface area contributed by atoms with Gasteiger partial charge in [0.15, 0.2) is 0 Å². The predicted molar refractivity (Wildman–Crippen MR) is 76.1 cm³/mol. The number of rotatable bonds is 7. The Morgan fingerprint density at radius 3 is 2.61 bits per heavy atom. The number of halogens is 4. The molecule has 124 valence electrons. The number of alkyl halides is 2. The van der Waals surface area contributed by atoms with E-state index in [-0.39, 0.29) is 24.4 Å². The van der Waals surface area contributed by atoms with Gasteiger partial charge in [-0.2, -0.15) is 8.78 Å². The Kier molecular flexibility index (Phi) is 5.95. The van der Waals surface area contributed by atoms with Crippen LogP contribution in [0.15, 0.2) is 42.5 Å². The lowest BCUT2D eigenvalue weighted by Crippen LogP contribution is -2.21. The molecule has 2 rings (SSSR count). The van der Waals surface area contributed by atoms with Crippen LogP contribution < -0.4 is 10.1 Å². The van der Waals surface area contributed by atoms with Crippen molar-refractivity contribution in [3.05, 3.63) is 65.2 Å². The fourth-order valence-electron chi connectivity index (χ4n) is 2.04. The smallest absolute Gasteiger partial charge is 0.387 e. The normalized spacial score (nSPS) is 12.4. The first-order valence-corrected chi connectivity index (χ1v) is 6.83. The SMILES string of the molecule is OC(CNCc1cc(F)ccc1F)c1cccc(OC(F)F)c1. The molecule has 0 aliphatic heterocycles. The van der Waals surface area contributed by atoms with Crippen molar-refractivity contribution in [2.45, 2.75) is 19.3 Å². The van der Waals surface area contributed by atoms with Crippen LogP contribution in [0.2, 0.25) is 0 Å². The Hall–Kier alpha value is -2.12. The summed E-state index contributed by atoms with van der Waals surface area (Å²) in [6, 6.07) is 8.76.